The van der Waals surface area contributed by atoms with Crippen molar-refractivity contribution in [3.8, 4) is 11.1 Å². The van der Waals surface area contributed by atoms with E-state index in [4.69, 9.17) is 4.98 Å². The number of fused-ring (bicyclic) bond motifs is 9. The predicted octanol–water partition coefficient (Wildman–Crippen LogP) is 9.39. The summed E-state index contributed by atoms with van der Waals surface area (Å²) < 4.78 is 0. The van der Waals surface area contributed by atoms with Crippen LogP contribution in [0, 0.1) is 0 Å². The third-order valence-electron chi connectivity index (χ3n) is 8.85. The highest BCUT2D eigenvalue weighted by Gasteiger charge is 2.52. The summed E-state index contributed by atoms with van der Waals surface area (Å²) in [4.78, 5) is 7.47. The topological polar surface area (TPSA) is 12.9 Å². The molecule has 186 valence electrons. The van der Waals surface area contributed by atoms with Crippen LogP contribution in [-0.2, 0) is 10.8 Å². The van der Waals surface area contributed by atoms with E-state index in [2.05, 4.69) is 129 Å². The second kappa shape index (κ2) is 8.18. The van der Waals surface area contributed by atoms with Crippen LogP contribution in [0.25, 0.3) is 22.0 Å². The first-order chi connectivity index (χ1) is 19.1. The zero-order valence-electron chi connectivity index (χ0n) is 22.0. The molecule has 8 rings (SSSR count). The lowest BCUT2D eigenvalue weighted by atomic mass is 9.54. The molecule has 0 radical (unpaired) electrons. The standard InChI is InChI=1S/C37H27NS/c1-36(2)27-16-3-5-18-29(27)37(30-19-6-4-17-28(30)36)31-20-7-8-22-33(31)39-35-26(15-10-21-32(35)37)25-14-9-12-24-13-11-23-38-34(24)25/h3-23H,1-2H3. The number of rotatable bonds is 1. The highest BCUT2D eigenvalue weighted by molar-refractivity contribution is 7.99. The van der Waals surface area contributed by atoms with Gasteiger partial charge in [-0.2, -0.15) is 0 Å². The van der Waals surface area contributed by atoms with Crippen LogP contribution in [0.5, 0.6) is 0 Å². The average molecular weight is 518 g/mol. The van der Waals surface area contributed by atoms with E-state index in [1.54, 1.807) is 0 Å². The van der Waals surface area contributed by atoms with Crippen molar-refractivity contribution in [2.75, 3.05) is 0 Å². The van der Waals surface area contributed by atoms with Crippen molar-refractivity contribution < 1.29 is 0 Å². The van der Waals surface area contributed by atoms with E-state index in [9.17, 15) is 0 Å². The van der Waals surface area contributed by atoms with Crippen LogP contribution in [0.2, 0.25) is 0 Å². The number of nitrogens with zero attached hydrogens (tertiary/aromatic N) is 1. The van der Waals surface area contributed by atoms with Gasteiger partial charge in [-0.25, -0.2) is 0 Å². The molecule has 0 atom stereocenters. The number of pyridine rings is 1. The van der Waals surface area contributed by atoms with Crippen molar-refractivity contribution in [2.45, 2.75) is 34.5 Å². The summed E-state index contributed by atoms with van der Waals surface area (Å²) in [7, 11) is 0. The minimum Gasteiger partial charge on any atom is -0.256 e. The monoisotopic (exact) mass is 517 g/mol. The van der Waals surface area contributed by atoms with E-state index in [1.165, 1.54) is 59.7 Å². The third-order valence-corrected chi connectivity index (χ3v) is 10.1. The molecule has 5 aromatic carbocycles. The highest BCUT2D eigenvalue weighted by Crippen LogP contribution is 2.62. The van der Waals surface area contributed by atoms with Crippen LogP contribution in [0.15, 0.2) is 137 Å². The highest BCUT2D eigenvalue weighted by atomic mass is 32.2. The molecule has 1 spiro atoms. The Labute approximate surface area is 233 Å². The second-order valence-electron chi connectivity index (χ2n) is 11.1. The maximum Gasteiger partial charge on any atom is 0.0780 e. The summed E-state index contributed by atoms with van der Waals surface area (Å²) in [5.74, 6) is 0. The molecule has 0 amide bonds. The lowest BCUT2D eigenvalue weighted by Gasteiger charge is -2.50. The Balaban J connectivity index is 1.55. The minimum atomic E-state index is -0.409. The molecule has 1 aromatic heterocycles. The molecule has 2 heterocycles. The first kappa shape index (κ1) is 22.8. The van der Waals surface area contributed by atoms with Gasteiger partial charge in [-0.1, -0.05) is 135 Å². The van der Waals surface area contributed by atoms with Gasteiger partial charge >= 0.3 is 0 Å². The normalized spacial score (nSPS) is 15.7. The molecule has 6 aromatic rings. The van der Waals surface area contributed by atoms with E-state index in [1.807, 2.05) is 24.0 Å². The quantitative estimate of drug-likeness (QED) is 0.215. The first-order valence-electron chi connectivity index (χ1n) is 13.6. The molecule has 0 saturated heterocycles. The van der Waals surface area contributed by atoms with Crippen LogP contribution in [0.3, 0.4) is 0 Å². The summed E-state index contributed by atoms with van der Waals surface area (Å²) >= 11 is 1.90. The first-order valence-corrected chi connectivity index (χ1v) is 14.4. The van der Waals surface area contributed by atoms with Crippen LogP contribution in [-0.4, -0.2) is 4.98 Å². The second-order valence-corrected chi connectivity index (χ2v) is 12.2. The zero-order valence-corrected chi connectivity index (χ0v) is 22.8. The summed E-state index contributed by atoms with van der Waals surface area (Å²) in [6.45, 7) is 4.75. The Kier molecular flexibility index (Phi) is 4.78. The summed E-state index contributed by atoms with van der Waals surface area (Å²) in [5, 5.41) is 1.17. The molecule has 0 unspecified atom stereocenters. The van der Waals surface area contributed by atoms with E-state index >= 15 is 0 Å². The Morgan fingerprint density at radius 3 is 1.82 bits per heavy atom. The molecule has 0 fully saturated rings. The third kappa shape index (κ3) is 2.95. The van der Waals surface area contributed by atoms with Crippen molar-refractivity contribution in [2.24, 2.45) is 0 Å². The SMILES string of the molecule is CC1(C)c2ccccc2C2(c3ccccc3Sc3c(-c4cccc5cccnc45)cccc32)c2ccccc21. The number of benzene rings is 5. The van der Waals surface area contributed by atoms with E-state index in [0.29, 0.717) is 0 Å². The van der Waals surface area contributed by atoms with Gasteiger partial charge in [-0.05, 0) is 51.1 Å². The lowest BCUT2D eigenvalue weighted by molar-refractivity contribution is 0.549. The smallest absolute Gasteiger partial charge is 0.0780 e. The van der Waals surface area contributed by atoms with Crippen molar-refractivity contribution in [1.82, 2.24) is 4.98 Å². The van der Waals surface area contributed by atoms with E-state index in [-0.39, 0.29) is 5.41 Å². The molecular weight excluding hydrogens is 490 g/mol. The Morgan fingerprint density at radius 1 is 0.513 bits per heavy atom. The lowest BCUT2D eigenvalue weighted by Crippen LogP contribution is -2.43. The Bertz CT molecular complexity index is 1880. The number of hydrogen-bond donors (Lipinski definition) is 0. The number of aromatic nitrogens is 1. The molecule has 0 N–H and O–H groups in total. The molecule has 0 bridgehead atoms. The predicted molar refractivity (Wildman–Crippen MR) is 162 cm³/mol. The van der Waals surface area contributed by atoms with Crippen molar-refractivity contribution in [3.05, 3.63) is 161 Å². The van der Waals surface area contributed by atoms with Crippen LogP contribution < -0.4 is 0 Å². The van der Waals surface area contributed by atoms with Gasteiger partial charge in [0, 0.05) is 32.4 Å². The fraction of sp³-hybridized carbons (Fsp3) is 0.108. The van der Waals surface area contributed by atoms with Crippen LogP contribution >= 0.6 is 11.8 Å². The molecule has 0 saturated carbocycles. The van der Waals surface area contributed by atoms with Gasteiger partial charge in [0.05, 0.1) is 10.9 Å². The fourth-order valence-corrected chi connectivity index (χ4v) is 8.49. The van der Waals surface area contributed by atoms with Crippen molar-refractivity contribution in [3.63, 3.8) is 0 Å². The molecule has 1 aliphatic heterocycles. The average Bonchev–Trinajstić information content (AvgIpc) is 2.99. The van der Waals surface area contributed by atoms with Crippen LogP contribution in [0.1, 0.15) is 47.2 Å². The van der Waals surface area contributed by atoms with Crippen molar-refractivity contribution in [1.29, 1.82) is 0 Å². The summed E-state index contributed by atoms with van der Waals surface area (Å²) in [5.41, 5.74) is 11.3. The molecule has 2 aliphatic rings. The van der Waals surface area contributed by atoms with Crippen LogP contribution in [0.4, 0.5) is 0 Å². The molecule has 2 heteroatoms. The molecule has 1 aliphatic carbocycles. The van der Waals surface area contributed by atoms with Gasteiger partial charge in [0.2, 0.25) is 0 Å². The van der Waals surface area contributed by atoms with Gasteiger partial charge in [-0.3, -0.25) is 4.98 Å². The van der Waals surface area contributed by atoms with Gasteiger partial charge in [0.25, 0.3) is 0 Å². The summed E-state index contributed by atoms with van der Waals surface area (Å²) in [6, 6.07) is 44.9. The molecule has 1 nitrogen and oxygen atoms in total. The largest absolute Gasteiger partial charge is 0.256 e. The molecular formula is C37H27NS. The number of hydrogen-bond acceptors (Lipinski definition) is 2. The zero-order chi connectivity index (χ0) is 26.2. The van der Waals surface area contributed by atoms with E-state index < -0.39 is 5.41 Å². The maximum atomic E-state index is 4.84. The van der Waals surface area contributed by atoms with Gasteiger partial charge in [-0.15, -0.1) is 0 Å². The van der Waals surface area contributed by atoms with E-state index in [0.717, 1.165) is 5.52 Å². The van der Waals surface area contributed by atoms with Gasteiger partial charge in [0.1, 0.15) is 0 Å². The maximum absolute atomic E-state index is 4.84. The van der Waals surface area contributed by atoms with Gasteiger partial charge < -0.3 is 0 Å². The Morgan fingerprint density at radius 2 is 1.08 bits per heavy atom. The number of para-hydroxylation sites is 1. The van der Waals surface area contributed by atoms with Gasteiger partial charge in [0.15, 0.2) is 0 Å². The Hall–Kier alpha value is -4.14. The van der Waals surface area contributed by atoms with Crippen molar-refractivity contribution >= 4 is 22.7 Å². The summed E-state index contributed by atoms with van der Waals surface area (Å²) in [6.07, 6.45) is 1.90. The fourth-order valence-electron chi connectivity index (χ4n) is 7.18. The minimum absolute atomic E-state index is 0.102. The molecule has 39 heavy (non-hydrogen) atoms.